The Bertz CT molecular complexity index is 135. The second-order valence-electron chi connectivity index (χ2n) is 4.43. The zero-order valence-corrected chi connectivity index (χ0v) is 8.64. The summed E-state index contributed by atoms with van der Waals surface area (Å²) in [6.45, 7) is 8.93. The predicted molar refractivity (Wildman–Crippen MR) is 52.9 cm³/mol. The molecule has 0 spiro atoms. The lowest BCUT2D eigenvalue weighted by atomic mass is 9.94. The van der Waals surface area contributed by atoms with Crippen molar-refractivity contribution in [3.8, 4) is 0 Å². The van der Waals surface area contributed by atoms with Crippen molar-refractivity contribution in [2.24, 2.45) is 11.7 Å². The lowest BCUT2D eigenvalue weighted by Crippen LogP contribution is -2.58. The van der Waals surface area contributed by atoms with Gasteiger partial charge in [-0.25, -0.2) is 0 Å². The van der Waals surface area contributed by atoms with Crippen LogP contribution in [0.5, 0.6) is 0 Å². The molecule has 0 amide bonds. The Balaban J connectivity index is 2.53. The van der Waals surface area contributed by atoms with Crippen LogP contribution in [0.3, 0.4) is 0 Å². The van der Waals surface area contributed by atoms with Crippen molar-refractivity contribution in [2.45, 2.75) is 45.7 Å². The molecule has 0 aromatic rings. The zero-order valence-electron chi connectivity index (χ0n) is 8.64. The quantitative estimate of drug-likeness (QED) is 0.684. The van der Waals surface area contributed by atoms with Gasteiger partial charge in [0.2, 0.25) is 0 Å². The molecule has 1 rings (SSSR count). The average Bonchev–Trinajstić information content (AvgIpc) is 2.06. The van der Waals surface area contributed by atoms with E-state index in [0.717, 1.165) is 0 Å². The van der Waals surface area contributed by atoms with Crippen LogP contribution in [-0.2, 0) is 0 Å². The molecular formula is C10H22N2. The molecule has 1 unspecified atom stereocenters. The molecule has 2 N–H and O–H groups in total. The third-order valence-corrected chi connectivity index (χ3v) is 3.21. The number of nitrogens with two attached hydrogens (primary N) is 1. The van der Waals surface area contributed by atoms with Crippen LogP contribution in [0.1, 0.15) is 40.0 Å². The fourth-order valence-electron chi connectivity index (χ4n) is 1.74. The Morgan fingerprint density at radius 2 is 1.67 bits per heavy atom. The lowest BCUT2D eigenvalue weighted by molar-refractivity contribution is 0.0474. The van der Waals surface area contributed by atoms with Gasteiger partial charge in [0.25, 0.3) is 0 Å². The SMILES string of the molecule is CC(C)C(C)(N)N1CCCCC1. The van der Waals surface area contributed by atoms with Crippen LogP contribution >= 0.6 is 0 Å². The average molecular weight is 170 g/mol. The first-order valence-corrected chi connectivity index (χ1v) is 5.09. The molecule has 0 aliphatic carbocycles. The summed E-state index contributed by atoms with van der Waals surface area (Å²) in [6.07, 6.45) is 4.02. The highest BCUT2D eigenvalue weighted by atomic mass is 15.3. The maximum atomic E-state index is 6.26. The molecule has 1 saturated heterocycles. The number of likely N-dealkylation sites (tertiary alicyclic amines) is 1. The molecule has 0 radical (unpaired) electrons. The van der Waals surface area contributed by atoms with E-state index in [1.807, 2.05) is 0 Å². The zero-order chi connectivity index (χ0) is 9.19. The molecule has 0 aromatic carbocycles. The molecular weight excluding hydrogens is 148 g/mol. The molecule has 2 nitrogen and oxygen atoms in total. The van der Waals surface area contributed by atoms with Crippen molar-refractivity contribution in [1.82, 2.24) is 4.90 Å². The predicted octanol–water partition coefficient (Wildman–Crippen LogP) is 1.80. The third-order valence-electron chi connectivity index (χ3n) is 3.21. The lowest BCUT2D eigenvalue weighted by Gasteiger charge is -2.43. The van der Waals surface area contributed by atoms with E-state index in [4.69, 9.17) is 5.73 Å². The van der Waals surface area contributed by atoms with E-state index >= 15 is 0 Å². The molecule has 2 heteroatoms. The van der Waals surface area contributed by atoms with E-state index in [1.165, 1.54) is 32.4 Å². The molecule has 1 aliphatic heterocycles. The van der Waals surface area contributed by atoms with Crippen molar-refractivity contribution in [3.05, 3.63) is 0 Å². The molecule has 72 valence electrons. The summed E-state index contributed by atoms with van der Waals surface area (Å²) in [6, 6.07) is 0. The van der Waals surface area contributed by atoms with Gasteiger partial charge in [-0.3, -0.25) is 4.90 Å². The Morgan fingerprint density at radius 3 is 2.08 bits per heavy atom. The second-order valence-corrected chi connectivity index (χ2v) is 4.43. The number of piperidine rings is 1. The van der Waals surface area contributed by atoms with Gasteiger partial charge in [-0.15, -0.1) is 0 Å². The van der Waals surface area contributed by atoms with Crippen LogP contribution in [0, 0.1) is 5.92 Å². The smallest absolute Gasteiger partial charge is 0.0681 e. The highest BCUT2D eigenvalue weighted by Crippen LogP contribution is 2.22. The fourth-order valence-corrected chi connectivity index (χ4v) is 1.74. The maximum absolute atomic E-state index is 6.26. The van der Waals surface area contributed by atoms with Gasteiger partial charge in [0.15, 0.2) is 0 Å². The highest BCUT2D eigenvalue weighted by Gasteiger charge is 2.31. The van der Waals surface area contributed by atoms with Crippen molar-refractivity contribution >= 4 is 0 Å². The first-order valence-electron chi connectivity index (χ1n) is 5.09. The van der Waals surface area contributed by atoms with Gasteiger partial charge in [0, 0.05) is 0 Å². The Labute approximate surface area is 76.1 Å². The first-order chi connectivity index (χ1) is 5.55. The van der Waals surface area contributed by atoms with Crippen molar-refractivity contribution in [3.63, 3.8) is 0 Å². The molecule has 1 atom stereocenters. The van der Waals surface area contributed by atoms with Gasteiger partial charge >= 0.3 is 0 Å². The molecule has 1 heterocycles. The molecule has 1 fully saturated rings. The van der Waals surface area contributed by atoms with Crippen LogP contribution in [-0.4, -0.2) is 23.7 Å². The van der Waals surface area contributed by atoms with E-state index in [2.05, 4.69) is 25.7 Å². The minimum atomic E-state index is -0.0968. The fraction of sp³-hybridized carbons (Fsp3) is 1.00. The monoisotopic (exact) mass is 170 g/mol. The molecule has 0 bridgehead atoms. The van der Waals surface area contributed by atoms with Crippen LogP contribution in [0.25, 0.3) is 0 Å². The number of nitrogens with zero attached hydrogens (tertiary/aromatic N) is 1. The van der Waals surface area contributed by atoms with E-state index in [-0.39, 0.29) is 5.66 Å². The van der Waals surface area contributed by atoms with Gasteiger partial charge in [0.05, 0.1) is 5.66 Å². The minimum Gasteiger partial charge on any atom is -0.313 e. The van der Waals surface area contributed by atoms with Crippen molar-refractivity contribution in [2.75, 3.05) is 13.1 Å². The van der Waals surface area contributed by atoms with Crippen molar-refractivity contribution in [1.29, 1.82) is 0 Å². The molecule has 1 aliphatic rings. The first kappa shape index (κ1) is 10.0. The summed E-state index contributed by atoms with van der Waals surface area (Å²) < 4.78 is 0. The maximum Gasteiger partial charge on any atom is 0.0681 e. The summed E-state index contributed by atoms with van der Waals surface area (Å²) in [4.78, 5) is 2.43. The van der Waals surface area contributed by atoms with Gasteiger partial charge in [-0.05, 0) is 38.8 Å². The third kappa shape index (κ3) is 1.99. The Hall–Kier alpha value is -0.0800. The van der Waals surface area contributed by atoms with Crippen LogP contribution in [0.15, 0.2) is 0 Å². The molecule has 0 aromatic heterocycles. The standard InChI is InChI=1S/C10H22N2/c1-9(2)10(3,11)12-7-5-4-6-8-12/h9H,4-8,11H2,1-3H3. The van der Waals surface area contributed by atoms with E-state index in [0.29, 0.717) is 5.92 Å². The number of hydrogen-bond acceptors (Lipinski definition) is 2. The van der Waals surface area contributed by atoms with E-state index in [9.17, 15) is 0 Å². The highest BCUT2D eigenvalue weighted by molar-refractivity contribution is 4.84. The van der Waals surface area contributed by atoms with Crippen LogP contribution in [0.2, 0.25) is 0 Å². The summed E-state index contributed by atoms with van der Waals surface area (Å²) in [7, 11) is 0. The summed E-state index contributed by atoms with van der Waals surface area (Å²) >= 11 is 0. The van der Waals surface area contributed by atoms with Crippen LogP contribution in [0.4, 0.5) is 0 Å². The largest absolute Gasteiger partial charge is 0.313 e. The van der Waals surface area contributed by atoms with Crippen molar-refractivity contribution < 1.29 is 0 Å². The number of rotatable bonds is 2. The van der Waals surface area contributed by atoms with Gasteiger partial charge in [0.1, 0.15) is 0 Å². The Kier molecular flexibility index (Phi) is 3.13. The summed E-state index contributed by atoms with van der Waals surface area (Å²) in [5, 5.41) is 0. The summed E-state index contributed by atoms with van der Waals surface area (Å²) in [5.74, 6) is 0.538. The topological polar surface area (TPSA) is 29.3 Å². The van der Waals surface area contributed by atoms with Gasteiger partial charge in [-0.1, -0.05) is 20.3 Å². The molecule has 12 heavy (non-hydrogen) atoms. The van der Waals surface area contributed by atoms with Gasteiger partial charge < -0.3 is 5.73 Å². The van der Waals surface area contributed by atoms with Crippen LogP contribution < -0.4 is 5.73 Å². The molecule has 0 saturated carbocycles. The van der Waals surface area contributed by atoms with Gasteiger partial charge in [-0.2, -0.15) is 0 Å². The second kappa shape index (κ2) is 3.75. The number of hydrogen-bond donors (Lipinski definition) is 1. The normalized spacial score (nSPS) is 25.8. The van der Waals surface area contributed by atoms with E-state index < -0.39 is 0 Å². The minimum absolute atomic E-state index is 0.0968. The Morgan fingerprint density at radius 1 is 1.17 bits per heavy atom. The van der Waals surface area contributed by atoms with E-state index in [1.54, 1.807) is 0 Å². The summed E-state index contributed by atoms with van der Waals surface area (Å²) in [5.41, 5.74) is 6.16.